The van der Waals surface area contributed by atoms with E-state index in [1.807, 2.05) is 0 Å². The Kier molecular flexibility index (Phi) is 2.51. The number of hydrogen-bond donors (Lipinski definition) is 1. The number of aromatic nitrogens is 1. The summed E-state index contributed by atoms with van der Waals surface area (Å²) in [5.41, 5.74) is 1.45. The summed E-state index contributed by atoms with van der Waals surface area (Å²) < 4.78 is 11.0. The highest BCUT2D eigenvalue weighted by molar-refractivity contribution is 5.88. The lowest BCUT2D eigenvalue weighted by Crippen LogP contribution is -2.15. The molecule has 0 saturated heterocycles. The van der Waals surface area contributed by atoms with Crippen LogP contribution in [0.5, 0.6) is 11.5 Å². The fraction of sp³-hybridized carbons (Fsp3) is 0.231. The third-order valence-electron chi connectivity index (χ3n) is 2.84. The largest absolute Gasteiger partial charge is 0.486 e. The standard InChI is InChI=1S/C13H11NO4/c15-13(16)5-8-1-2-14-10-7-12-11(6-9(8)10)17-3-4-18-12/h1-2,6-7H,3-5H2,(H,15,16). The van der Waals surface area contributed by atoms with Gasteiger partial charge in [-0.05, 0) is 17.7 Å². The second-order valence-electron chi connectivity index (χ2n) is 4.05. The maximum absolute atomic E-state index is 10.8. The maximum Gasteiger partial charge on any atom is 0.307 e. The lowest BCUT2D eigenvalue weighted by atomic mass is 10.1. The molecule has 2 aromatic rings. The van der Waals surface area contributed by atoms with Crippen LogP contribution in [-0.4, -0.2) is 29.3 Å². The van der Waals surface area contributed by atoms with Crippen molar-refractivity contribution < 1.29 is 19.4 Å². The molecule has 18 heavy (non-hydrogen) atoms. The van der Waals surface area contributed by atoms with Gasteiger partial charge in [0.05, 0.1) is 11.9 Å². The number of ether oxygens (including phenoxy) is 2. The minimum atomic E-state index is -0.864. The third-order valence-corrected chi connectivity index (χ3v) is 2.84. The van der Waals surface area contributed by atoms with Gasteiger partial charge >= 0.3 is 5.97 Å². The summed E-state index contributed by atoms with van der Waals surface area (Å²) in [6, 6.07) is 5.30. The first-order valence-electron chi connectivity index (χ1n) is 5.63. The zero-order chi connectivity index (χ0) is 12.5. The van der Waals surface area contributed by atoms with Gasteiger partial charge in [-0.15, -0.1) is 0 Å². The number of nitrogens with zero attached hydrogens (tertiary/aromatic N) is 1. The molecule has 2 heterocycles. The Morgan fingerprint density at radius 1 is 1.28 bits per heavy atom. The number of carbonyl (C=O) groups is 1. The summed E-state index contributed by atoms with van der Waals surface area (Å²) in [5, 5.41) is 9.68. The van der Waals surface area contributed by atoms with Gasteiger partial charge in [0.1, 0.15) is 13.2 Å². The van der Waals surface area contributed by atoms with E-state index in [0.29, 0.717) is 24.7 Å². The van der Waals surface area contributed by atoms with Gasteiger partial charge in [0.2, 0.25) is 0 Å². The van der Waals surface area contributed by atoms with Gasteiger partial charge in [-0.1, -0.05) is 0 Å². The van der Waals surface area contributed by atoms with Crippen LogP contribution in [0.25, 0.3) is 10.9 Å². The second kappa shape index (κ2) is 4.18. The SMILES string of the molecule is O=C(O)Cc1ccnc2cc3c(cc12)OCCO3. The van der Waals surface area contributed by atoms with Crippen LogP contribution >= 0.6 is 0 Å². The predicted molar refractivity (Wildman–Crippen MR) is 64.1 cm³/mol. The molecule has 3 rings (SSSR count). The first-order chi connectivity index (χ1) is 8.74. The summed E-state index contributed by atoms with van der Waals surface area (Å²) in [4.78, 5) is 15.1. The number of hydrogen-bond acceptors (Lipinski definition) is 4. The highest BCUT2D eigenvalue weighted by Crippen LogP contribution is 2.34. The Bertz CT molecular complexity index is 624. The van der Waals surface area contributed by atoms with E-state index in [0.717, 1.165) is 16.5 Å². The van der Waals surface area contributed by atoms with Gasteiger partial charge in [-0.3, -0.25) is 9.78 Å². The van der Waals surface area contributed by atoms with Crippen LogP contribution in [0.4, 0.5) is 0 Å². The fourth-order valence-corrected chi connectivity index (χ4v) is 2.06. The van der Waals surface area contributed by atoms with Crippen LogP contribution in [0.2, 0.25) is 0 Å². The Labute approximate surface area is 103 Å². The zero-order valence-corrected chi connectivity index (χ0v) is 9.55. The number of fused-ring (bicyclic) bond motifs is 2. The highest BCUT2D eigenvalue weighted by atomic mass is 16.6. The average molecular weight is 245 g/mol. The van der Waals surface area contributed by atoms with Gasteiger partial charge in [0.15, 0.2) is 11.5 Å². The lowest BCUT2D eigenvalue weighted by molar-refractivity contribution is -0.136. The summed E-state index contributed by atoms with van der Waals surface area (Å²) >= 11 is 0. The molecular weight excluding hydrogens is 234 g/mol. The molecule has 1 aliphatic heterocycles. The van der Waals surface area contributed by atoms with Gasteiger partial charge < -0.3 is 14.6 Å². The molecule has 5 heteroatoms. The van der Waals surface area contributed by atoms with Gasteiger partial charge in [0, 0.05) is 17.6 Å². The molecule has 1 N–H and O–H groups in total. The Hall–Kier alpha value is -2.30. The molecule has 0 bridgehead atoms. The molecule has 5 nitrogen and oxygen atoms in total. The van der Waals surface area contributed by atoms with Crippen LogP contribution in [-0.2, 0) is 11.2 Å². The van der Waals surface area contributed by atoms with E-state index in [1.54, 1.807) is 24.4 Å². The first-order valence-corrected chi connectivity index (χ1v) is 5.63. The lowest BCUT2D eigenvalue weighted by Gasteiger charge is -2.19. The van der Waals surface area contributed by atoms with E-state index in [9.17, 15) is 4.79 Å². The van der Waals surface area contributed by atoms with Crippen molar-refractivity contribution in [2.45, 2.75) is 6.42 Å². The number of benzene rings is 1. The van der Waals surface area contributed by atoms with E-state index in [-0.39, 0.29) is 6.42 Å². The molecule has 1 aromatic heterocycles. The summed E-state index contributed by atoms with van der Waals surface area (Å²) in [6.07, 6.45) is 1.58. The van der Waals surface area contributed by atoms with Gasteiger partial charge in [-0.25, -0.2) is 0 Å². The molecule has 0 unspecified atom stereocenters. The fourth-order valence-electron chi connectivity index (χ4n) is 2.06. The molecule has 0 amide bonds. The van der Waals surface area contributed by atoms with Crippen LogP contribution in [0.15, 0.2) is 24.4 Å². The molecular formula is C13H11NO4. The monoisotopic (exact) mass is 245 g/mol. The van der Waals surface area contributed by atoms with Crippen molar-refractivity contribution in [2.24, 2.45) is 0 Å². The van der Waals surface area contributed by atoms with E-state index < -0.39 is 5.97 Å². The van der Waals surface area contributed by atoms with Crippen LogP contribution in [0, 0.1) is 0 Å². The minimum Gasteiger partial charge on any atom is -0.486 e. The van der Waals surface area contributed by atoms with Crippen molar-refractivity contribution in [1.82, 2.24) is 4.98 Å². The molecule has 0 saturated carbocycles. The van der Waals surface area contributed by atoms with Crippen molar-refractivity contribution in [1.29, 1.82) is 0 Å². The molecule has 1 aliphatic rings. The van der Waals surface area contributed by atoms with Gasteiger partial charge in [0.25, 0.3) is 0 Å². The Morgan fingerprint density at radius 2 is 2.00 bits per heavy atom. The van der Waals surface area contributed by atoms with E-state index >= 15 is 0 Å². The summed E-state index contributed by atoms with van der Waals surface area (Å²) in [7, 11) is 0. The number of carboxylic acids is 1. The van der Waals surface area contributed by atoms with Crippen LogP contribution in [0.1, 0.15) is 5.56 Å². The maximum atomic E-state index is 10.8. The van der Waals surface area contributed by atoms with E-state index in [1.165, 1.54) is 0 Å². The summed E-state index contributed by atoms with van der Waals surface area (Å²) in [5.74, 6) is 0.444. The van der Waals surface area contributed by atoms with E-state index in [2.05, 4.69) is 4.98 Å². The molecule has 1 aromatic carbocycles. The molecule has 0 atom stereocenters. The van der Waals surface area contributed by atoms with Crippen molar-refractivity contribution in [3.63, 3.8) is 0 Å². The van der Waals surface area contributed by atoms with Crippen molar-refractivity contribution in [3.8, 4) is 11.5 Å². The molecule has 0 spiro atoms. The second-order valence-corrected chi connectivity index (χ2v) is 4.05. The summed E-state index contributed by atoms with van der Waals surface area (Å²) in [6.45, 7) is 1.03. The van der Waals surface area contributed by atoms with E-state index in [4.69, 9.17) is 14.6 Å². The normalized spacial score (nSPS) is 13.6. The Balaban J connectivity index is 2.17. The van der Waals surface area contributed by atoms with Gasteiger partial charge in [-0.2, -0.15) is 0 Å². The topological polar surface area (TPSA) is 68.7 Å². The number of pyridine rings is 1. The quantitative estimate of drug-likeness (QED) is 0.870. The smallest absolute Gasteiger partial charge is 0.307 e. The molecule has 0 aliphatic carbocycles. The molecule has 0 radical (unpaired) electrons. The van der Waals surface area contributed by atoms with Crippen molar-refractivity contribution >= 4 is 16.9 Å². The van der Waals surface area contributed by atoms with Crippen molar-refractivity contribution in [2.75, 3.05) is 13.2 Å². The molecule has 0 fully saturated rings. The minimum absolute atomic E-state index is 0.0291. The number of rotatable bonds is 2. The third kappa shape index (κ3) is 1.84. The number of carboxylic acid groups (broad SMARTS) is 1. The first kappa shape index (κ1) is 10.8. The highest BCUT2D eigenvalue weighted by Gasteiger charge is 2.15. The predicted octanol–water partition coefficient (Wildman–Crippen LogP) is 1.63. The number of aliphatic carboxylic acids is 1. The van der Waals surface area contributed by atoms with Crippen LogP contribution in [0.3, 0.4) is 0 Å². The van der Waals surface area contributed by atoms with Crippen molar-refractivity contribution in [3.05, 3.63) is 30.0 Å². The molecule has 92 valence electrons. The zero-order valence-electron chi connectivity index (χ0n) is 9.55. The average Bonchev–Trinajstić information content (AvgIpc) is 2.36. The Morgan fingerprint density at radius 3 is 2.72 bits per heavy atom. The van der Waals surface area contributed by atoms with Crippen LogP contribution < -0.4 is 9.47 Å².